The zero-order chi connectivity index (χ0) is 27.4. The maximum absolute atomic E-state index is 13.7. The Balaban J connectivity index is 1.84. The van der Waals surface area contributed by atoms with Crippen LogP contribution in [0.1, 0.15) is 30.4 Å². The van der Waals surface area contributed by atoms with Crippen molar-refractivity contribution in [3.63, 3.8) is 0 Å². The first-order valence-corrected chi connectivity index (χ1v) is 13.6. The van der Waals surface area contributed by atoms with E-state index in [4.69, 9.17) is 25.8 Å². The number of hydrogen-bond donors (Lipinski definition) is 0. The van der Waals surface area contributed by atoms with Crippen LogP contribution in [-0.2, 0) is 20.3 Å². The van der Waals surface area contributed by atoms with Crippen LogP contribution < -0.4 is 9.47 Å². The zero-order valence-corrected chi connectivity index (χ0v) is 23.1. The lowest BCUT2D eigenvalue weighted by atomic mass is 10.2. The van der Waals surface area contributed by atoms with Crippen molar-refractivity contribution < 1.29 is 22.6 Å². The summed E-state index contributed by atoms with van der Waals surface area (Å²) >= 11 is 5.90. The highest BCUT2D eigenvalue weighted by atomic mass is 35.5. The van der Waals surface area contributed by atoms with Gasteiger partial charge in [-0.05, 0) is 38.1 Å². The molecule has 13 heteroatoms. The van der Waals surface area contributed by atoms with Crippen LogP contribution in [0.2, 0.25) is 5.02 Å². The molecule has 1 aromatic carbocycles. The minimum atomic E-state index is -3.89. The molecular formula is C25H27ClN6O5S. The predicted molar refractivity (Wildman–Crippen MR) is 141 cm³/mol. The smallest absolute Gasteiger partial charge is 0.187 e. The van der Waals surface area contributed by atoms with E-state index in [-0.39, 0.29) is 11.6 Å². The van der Waals surface area contributed by atoms with E-state index in [1.807, 2.05) is 19.1 Å². The van der Waals surface area contributed by atoms with E-state index in [1.54, 1.807) is 28.8 Å². The molecule has 11 nitrogen and oxygen atoms in total. The Labute approximate surface area is 225 Å². The topological polar surface area (TPSA) is 131 Å². The number of methoxy groups -OCH3 is 3. The molecule has 0 aliphatic rings. The predicted octanol–water partition coefficient (Wildman–Crippen LogP) is 3.79. The molecule has 3 heterocycles. The fourth-order valence-electron chi connectivity index (χ4n) is 4.01. The van der Waals surface area contributed by atoms with E-state index in [1.165, 1.54) is 40.6 Å². The van der Waals surface area contributed by atoms with Gasteiger partial charge >= 0.3 is 0 Å². The molecule has 0 amide bonds. The lowest BCUT2D eigenvalue weighted by Gasteiger charge is -2.22. The van der Waals surface area contributed by atoms with E-state index in [0.29, 0.717) is 33.7 Å². The summed E-state index contributed by atoms with van der Waals surface area (Å²) in [5.74, 6) is 1.08. The second-order valence-electron chi connectivity index (χ2n) is 8.38. The Kier molecular flexibility index (Phi) is 8.24. The number of aromatic nitrogens is 6. The molecule has 2 atom stereocenters. The van der Waals surface area contributed by atoms with Gasteiger partial charge in [0.1, 0.15) is 34.7 Å². The molecule has 4 aromatic rings. The third kappa shape index (κ3) is 5.47. The van der Waals surface area contributed by atoms with Gasteiger partial charge in [-0.2, -0.15) is 0 Å². The van der Waals surface area contributed by atoms with Gasteiger partial charge in [0.15, 0.2) is 27.3 Å². The lowest BCUT2D eigenvalue weighted by Crippen LogP contribution is -2.30. The lowest BCUT2D eigenvalue weighted by molar-refractivity contribution is 0.0948. The van der Waals surface area contributed by atoms with Gasteiger partial charge in [-0.1, -0.05) is 23.7 Å². The van der Waals surface area contributed by atoms with Crippen LogP contribution in [0.25, 0.3) is 17.2 Å². The number of pyridine rings is 1. The molecule has 0 radical (unpaired) electrons. The number of nitrogens with zero attached hydrogens (tertiary/aromatic N) is 6. The number of aryl methyl sites for hydroxylation is 1. The standard InChI is InChI=1S/C25H27ClN6O5S/c1-15-8-6-9-18(29-15)25-31-30-21(32(25)22-19(35-3)10-7-11-20(22)36-4)14-38(33,34)16(2)23(37-5)24-27-12-17(26)13-28-24/h6-13,16,23H,14H2,1-5H3/t16-,23-/m1/s1. The van der Waals surface area contributed by atoms with E-state index in [2.05, 4.69) is 25.1 Å². The van der Waals surface area contributed by atoms with Crippen molar-refractivity contribution in [2.24, 2.45) is 0 Å². The summed E-state index contributed by atoms with van der Waals surface area (Å²) in [4.78, 5) is 12.9. The van der Waals surface area contributed by atoms with Crippen LogP contribution in [0.5, 0.6) is 11.5 Å². The van der Waals surface area contributed by atoms with Gasteiger partial charge in [0.25, 0.3) is 0 Å². The van der Waals surface area contributed by atoms with Crippen LogP contribution in [0, 0.1) is 6.92 Å². The molecule has 0 spiro atoms. The molecule has 0 bridgehead atoms. The van der Waals surface area contributed by atoms with Crippen molar-refractivity contribution in [1.82, 2.24) is 29.7 Å². The van der Waals surface area contributed by atoms with Crippen molar-refractivity contribution in [1.29, 1.82) is 0 Å². The quantitative estimate of drug-likeness (QED) is 0.283. The second-order valence-corrected chi connectivity index (χ2v) is 11.2. The number of para-hydroxylation sites is 1. The molecule has 0 fully saturated rings. The summed E-state index contributed by atoms with van der Waals surface area (Å²) in [6.07, 6.45) is 1.84. The largest absolute Gasteiger partial charge is 0.494 e. The van der Waals surface area contributed by atoms with Crippen molar-refractivity contribution in [3.05, 3.63) is 71.2 Å². The molecule has 0 saturated carbocycles. The minimum absolute atomic E-state index is 0.143. The molecule has 200 valence electrons. The molecule has 0 aliphatic heterocycles. The van der Waals surface area contributed by atoms with Crippen molar-refractivity contribution in [3.8, 4) is 28.7 Å². The Bertz CT molecular complexity index is 1510. The van der Waals surface area contributed by atoms with Gasteiger partial charge < -0.3 is 14.2 Å². The molecule has 0 N–H and O–H groups in total. The van der Waals surface area contributed by atoms with Crippen LogP contribution in [-0.4, -0.2) is 64.7 Å². The van der Waals surface area contributed by atoms with Crippen LogP contribution in [0.3, 0.4) is 0 Å². The van der Waals surface area contributed by atoms with Gasteiger partial charge in [-0.3, -0.25) is 4.57 Å². The monoisotopic (exact) mass is 558 g/mol. The molecule has 38 heavy (non-hydrogen) atoms. The number of hydrogen-bond acceptors (Lipinski definition) is 10. The molecule has 0 saturated heterocycles. The van der Waals surface area contributed by atoms with Crippen molar-refractivity contribution in [2.45, 2.75) is 31.0 Å². The number of halogens is 1. The molecular weight excluding hydrogens is 532 g/mol. The van der Waals surface area contributed by atoms with Gasteiger partial charge in [0, 0.05) is 25.2 Å². The molecule has 3 aromatic heterocycles. The summed E-state index contributed by atoms with van der Waals surface area (Å²) in [5.41, 5.74) is 1.72. The Hall–Kier alpha value is -3.61. The highest BCUT2D eigenvalue weighted by Crippen LogP contribution is 2.37. The van der Waals surface area contributed by atoms with Crippen LogP contribution >= 0.6 is 11.6 Å². The third-order valence-electron chi connectivity index (χ3n) is 5.94. The van der Waals surface area contributed by atoms with Gasteiger partial charge in [0.2, 0.25) is 0 Å². The average Bonchev–Trinajstić information content (AvgIpc) is 3.31. The summed E-state index contributed by atoms with van der Waals surface area (Å²) in [6, 6.07) is 10.7. The maximum atomic E-state index is 13.7. The first-order chi connectivity index (χ1) is 18.2. The van der Waals surface area contributed by atoms with E-state index in [9.17, 15) is 8.42 Å². The first-order valence-electron chi connectivity index (χ1n) is 11.5. The van der Waals surface area contributed by atoms with Gasteiger partial charge in [0.05, 0.1) is 24.5 Å². The second kappa shape index (κ2) is 11.4. The molecule has 0 unspecified atom stereocenters. The zero-order valence-electron chi connectivity index (χ0n) is 21.5. The van der Waals surface area contributed by atoms with Crippen molar-refractivity contribution >= 4 is 21.4 Å². The first kappa shape index (κ1) is 27.4. The summed E-state index contributed by atoms with van der Waals surface area (Å²) in [6.45, 7) is 3.39. The van der Waals surface area contributed by atoms with E-state index < -0.39 is 26.9 Å². The Morgan fingerprint density at radius 2 is 1.61 bits per heavy atom. The normalized spacial score (nSPS) is 13.2. The summed E-state index contributed by atoms with van der Waals surface area (Å²) in [5, 5.41) is 7.92. The fraction of sp³-hybridized carbons (Fsp3) is 0.320. The van der Waals surface area contributed by atoms with E-state index >= 15 is 0 Å². The third-order valence-corrected chi connectivity index (χ3v) is 8.18. The minimum Gasteiger partial charge on any atom is -0.494 e. The maximum Gasteiger partial charge on any atom is 0.187 e. The molecule has 0 aliphatic carbocycles. The highest BCUT2D eigenvalue weighted by Gasteiger charge is 2.35. The van der Waals surface area contributed by atoms with E-state index in [0.717, 1.165) is 5.69 Å². The highest BCUT2D eigenvalue weighted by molar-refractivity contribution is 7.91. The fourth-order valence-corrected chi connectivity index (χ4v) is 5.52. The Morgan fingerprint density at radius 1 is 0.974 bits per heavy atom. The number of rotatable bonds is 10. The average molecular weight is 559 g/mol. The summed E-state index contributed by atoms with van der Waals surface area (Å²) in [7, 11) is 0.538. The number of sulfone groups is 1. The Morgan fingerprint density at radius 3 is 2.18 bits per heavy atom. The summed E-state index contributed by atoms with van der Waals surface area (Å²) < 4.78 is 45.7. The van der Waals surface area contributed by atoms with Crippen LogP contribution in [0.15, 0.2) is 48.8 Å². The van der Waals surface area contributed by atoms with Crippen LogP contribution in [0.4, 0.5) is 0 Å². The van der Waals surface area contributed by atoms with Crippen molar-refractivity contribution in [2.75, 3.05) is 21.3 Å². The number of benzene rings is 1. The molecule has 4 rings (SSSR count). The number of ether oxygens (including phenoxy) is 3. The SMILES string of the molecule is COc1cccc(OC)c1-n1c(CS(=O)(=O)[C@H](C)[C@@H](OC)c2ncc(Cl)cn2)nnc1-c1cccc(C)n1. The van der Waals surface area contributed by atoms with Gasteiger partial charge in [-0.15, -0.1) is 10.2 Å². The van der Waals surface area contributed by atoms with Gasteiger partial charge in [-0.25, -0.2) is 23.4 Å².